The number of hydrogen-bond acceptors (Lipinski definition) is 2. The Hall–Kier alpha value is -1.84. The number of hydrogen-bond donors (Lipinski definition) is 1. The molecule has 1 N–H and O–H groups in total. The van der Waals surface area contributed by atoms with Crippen molar-refractivity contribution in [1.29, 1.82) is 0 Å². The molecule has 0 spiro atoms. The largest absolute Gasteiger partial charge is 0.464 e. The molecule has 3 aromatic rings. The first-order chi connectivity index (χ1) is 9.65. The first kappa shape index (κ1) is 13.2. The van der Waals surface area contributed by atoms with Crippen molar-refractivity contribution in [2.45, 2.75) is 12.5 Å². The van der Waals surface area contributed by atoms with Crippen LogP contribution in [0.2, 0.25) is 5.02 Å². The molecule has 102 valence electrons. The molecule has 1 unspecified atom stereocenters. The molecule has 2 nitrogen and oxygen atoms in total. The van der Waals surface area contributed by atoms with E-state index in [1.807, 2.05) is 24.3 Å². The predicted molar refractivity (Wildman–Crippen MR) is 76.3 cm³/mol. The van der Waals surface area contributed by atoms with Gasteiger partial charge in [-0.05, 0) is 23.8 Å². The normalized spacial score (nSPS) is 12.8. The summed E-state index contributed by atoms with van der Waals surface area (Å²) in [5.74, 6) is -0.413. The molecule has 0 fully saturated rings. The average Bonchev–Trinajstić information content (AvgIpc) is 2.86. The molecular formula is C16H12ClFO2. The fraction of sp³-hybridized carbons (Fsp3) is 0.125. The highest BCUT2D eigenvalue weighted by Crippen LogP contribution is 2.29. The molecule has 1 heterocycles. The van der Waals surface area contributed by atoms with Gasteiger partial charge in [0.25, 0.3) is 0 Å². The van der Waals surface area contributed by atoms with Crippen LogP contribution in [0.5, 0.6) is 0 Å². The molecule has 2 aromatic carbocycles. The Kier molecular flexibility index (Phi) is 3.47. The van der Waals surface area contributed by atoms with Crippen LogP contribution in [0.4, 0.5) is 4.39 Å². The minimum absolute atomic E-state index is 0.173. The van der Waals surface area contributed by atoms with Crippen LogP contribution >= 0.6 is 11.6 Å². The number of halogens is 2. The van der Waals surface area contributed by atoms with Crippen molar-refractivity contribution < 1.29 is 13.9 Å². The lowest BCUT2D eigenvalue weighted by atomic mass is 10.0. The Morgan fingerprint density at radius 2 is 2.00 bits per heavy atom. The number of para-hydroxylation sites is 1. The van der Waals surface area contributed by atoms with Crippen LogP contribution in [0.25, 0.3) is 11.0 Å². The molecule has 0 aliphatic carbocycles. The van der Waals surface area contributed by atoms with Crippen molar-refractivity contribution in [2.75, 3.05) is 0 Å². The number of fused-ring (bicyclic) bond motifs is 1. The number of rotatable bonds is 3. The van der Waals surface area contributed by atoms with Crippen LogP contribution in [0, 0.1) is 5.82 Å². The van der Waals surface area contributed by atoms with Gasteiger partial charge in [0.1, 0.15) is 11.4 Å². The van der Waals surface area contributed by atoms with Crippen molar-refractivity contribution in [2.24, 2.45) is 0 Å². The third-order valence-corrected chi connectivity index (χ3v) is 3.53. The molecule has 0 aliphatic rings. The van der Waals surface area contributed by atoms with Crippen molar-refractivity contribution in [1.82, 2.24) is 0 Å². The first-order valence-electron chi connectivity index (χ1n) is 6.23. The van der Waals surface area contributed by atoms with Crippen molar-refractivity contribution >= 4 is 22.6 Å². The summed E-state index contributed by atoms with van der Waals surface area (Å²) in [6, 6.07) is 11.9. The second-order valence-corrected chi connectivity index (χ2v) is 5.08. The smallest absolute Gasteiger partial charge is 0.134 e. The van der Waals surface area contributed by atoms with Crippen LogP contribution < -0.4 is 0 Å². The average molecular weight is 291 g/mol. The topological polar surface area (TPSA) is 33.4 Å². The maximum Gasteiger partial charge on any atom is 0.134 e. The summed E-state index contributed by atoms with van der Waals surface area (Å²) >= 11 is 5.71. The third kappa shape index (κ3) is 2.42. The highest BCUT2D eigenvalue weighted by atomic mass is 35.5. The number of benzene rings is 2. The van der Waals surface area contributed by atoms with E-state index < -0.39 is 11.9 Å². The third-order valence-electron chi connectivity index (χ3n) is 3.30. The van der Waals surface area contributed by atoms with Crippen LogP contribution in [-0.4, -0.2) is 5.11 Å². The number of aliphatic hydroxyl groups is 1. The molecule has 0 aliphatic heterocycles. The van der Waals surface area contributed by atoms with Gasteiger partial charge in [0.2, 0.25) is 0 Å². The summed E-state index contributed by atoms with van der Waals surface area (Å²) in [5.41, 5.74) is 1.79. The Morgan fingerprint density at radius 3 is 2.80 bits per heavy atom. The molecule has 0 saturated heterocycles. The Labute approximate surface area is 120 Å². The monoisotopic (exact) mass is 290 g/mol. The van der Waals surface area contributed by atoms with Crippen LogP contribution in [0.3, 0.4) is 0 Å². The van der Waals surface area contributed by atoms with E-state index in [9.17, 15) is 9.50 Å². The second-order valence-electron chi connectivity index (χ2n) is 4.64. The Bertz CT molecular complexity index is 751. The van der Waals surface area contributed by atoms with Crippen molar-refractivity contribution in [3.05, 3.63) is 70.7 Å². The van der Waals surface area contributed by atoms with Gasteiger partial charge in [-0.1, -0.05) is 35.9 Å². The lowest BCUT2D eigenvalue weighted by Gasteiger charge is -2.10. The first-order valence-corrected chi connectivity index (χ1v) is 6.61. The maximum absolute atomic E-state index is 13.7. The molecule has 0 bridgehead atoms. The Morgan fingerprint density at radius 1 is 1.20 bits per heavy atom. The van der Waals surface area contributed by atoms with Gasteiger partial charge in [-0.3, -0.25) is 0 Å². The van der Waals surface area contributed by atoms with Gasteiger partial charge in [0.05, 0.1) is 12.4 Å². The maximum atomic E-state index is 13.7. The minimum atomic E-state index is -0.825. The number of aliphatic hydroxyl groups excluding tert-OH is 1. The predicted octanol–water partition coefficient (Wildman–Crippen LogP) is 4.50. The van der Waals surface area contributed by atoms with E-state index in [4.69, 9.17) is 16.0 Å². The summed E-state index contributed by atoms with van der Waals surface area (Å²) in [4.78, 5) is 0. The SMILES string of the molecule is OC(Cc1ccc(Cl)cc1F)c1coc2ccccc12. The zero-order valence-electron chi connectivity index (χ0n) is 10.5. The lowest BCUT2D eigenvalue weighted by molar-refractivity contribution is 0.177. The van der Waals surface area contributed by atoms with E-state index in [-0.39, 0.29) is 6.42 Å². The minimum Gasteiger partial charge on any atom is -0.464 e. The highest BCUT2D eigenvalue weighted by Gasteiger charge is 2.16. The molecule has 0 amide bonds. The lowest BCUT2D eigenvalue weighted by Crippen LogP contribution is -2.03. The molecule has 1 aromatic heterocycles. The molecular weight excluding hydrogens is 279 g/mol. The fourth-order valence-corrected chi connectivity index (χ4v) is 2.42. The van der Waals surface area contributed by atoms with E-state index >= 15 is 0 Å². The molecule has 3 rings (SSSR count). The van der Waals surface area contributed by atoms with Gasteiger partial charge in [-0.2, -0.15) is 0 Å². The fourth-order valence-electron chi connectivity index (χ4n) is 2.26. The van der Waals surface area contributed by atoms with Crippen molar-refractivity contribution in [3.8, 4) is 0 Å². The summed E-state index contributed by atoms with van der Waals surface area (Å²) in [7, 11) is 0. The highest BCUT2D eigenvalue weighted by molar-refractivity contribution is 6.30. The summed E-state index contributed by atoms with van der Waals surface area (Å²) in [5, 5.41) is 11.5. The zero-order valence-corrected chi connectivity index (χ0v) is 11.3. The molecule has 1 atom stereocenters. The van der Waals surface area contributed by atoms with E-state index in [0.29, 0.717) is 21.7 Å². The van der Waals surface area contributed by atoms with Gasteiger partial charge in [-0.25, -0.2) is 4.39 Å². The molecule has 4 heteroatoms. The molecule has 0 saturated carbocycles. The molecule has 20 heavy (non-hydrogen) atoms. The van der Waals surface area contributed by atoms with Gasteiger partial charge >= 0.3 is 0 Å². The van der Waals surface area contributed by atoms with Gasteiger partial charge in [0, 0.05) is 22.4 Å². The quantitative estimate of drug-likeness (QED) is 0.770. The summed E-state index contributed by atoms with van der Waals surface area (Å²) in [6.45, 7) is 0. The van der Waals surface area contributed by atoms with E-state index in [2.05, 4.69) is 0 Å². The van der Waals surface area contributed by atoms with E-state index in [1.165, 1.54) is 12.3 Å². The van der Waals surface area contributed by atoms with Gasteiger partial charge in [-0.15, -0.1) is 0 Å². The Balaban J connectivity index is 1.91. The number of furan rings is 1. The van der Waals surface area contributed by atoms with Gasteiger partial charge in [0.15, 0.2) is 0 Å². The summed E-state index contributed by atoms with van der Waals surface area (Å²) in [6.07, 6.45) is 0.865. The van der Waals surface area contributed by atoms with Crippen LogP contribution in [0.1, 0.15) is 17.2 Å². The zero-order chi connectivity index (χ0) is 14.1. The summed E-state index contributed by atoms with van der Waals surface area (Å²) < 4.78 is 19.1. The van der Waals surface area contributed by atoms with E-state index in [1.54, 1.807) is 12.1 Å². The van der Waals surface area contributed by atoms with Crippen LogP contribution in [-0.2, 0) is 6.42 Å². The van der Waals surface area contributed by atoms with Crippen molar-refractivity contribution in [3.63, 3.8) is 0 Å². The van der Waals surface area contributed by atoms with Crippen LogP contribution in [0.15, 0.2) is 53.1 Å². The van der Waals surface area contributed by atoms with Gasteiger partial charge < -0.3 is 9.52 Å². The standard InChI is InChI=1S/C16H12ClFO2/c17-11-6-5-10(14(18)8-11)7-15(19)13-9-20-16-4-2-1-3-12(13)16/h1-6,8-9,15,19H,7H2. The van der Waals surface area contributed by atoms with E-state index in [0.717, 1.165) is 5.39 Å². The molecule has 0 radical (unpaired) electrons. The second kappa shape index (κ2) is 5.27.